The number of hydrogen-bond acceptors (Lipinski definition) is 8. The first-order chi connectivity index (χ1) is 19.6. The van der Waals surface area contributed by atoms with E-state index in [9.17, 15) is 17.2 Å². The first-order valence-electron chi connectivity index (χ1n) is 12.7. The Morgan fingerprint density at radius 3 is 2.32 bits per heavy atom. The van der Waals surface area contributed by atoms with Crippen molar-refractivity contribution in [3.8, 4) is 34.1 Å². The predicted molar refractivity (Wildman–Crippen MR) is 145 cm³/mol. The van der Waals surface area contributed by atoms with Crippen molar-refractivity contribution < 1.29 is 40.6 Å². The number of rotatable bonds is 9. The average molecular weight is 587 g/mol. The van der Waals surface area contributed by atoms with Crippen molar-refractivity contribution in [3.05, 3.63) is 83.8 Å². The summed E-state index contributed by atoms with van der Waals surface area (Å²) in [4.78, 5) is 4.46. The number of ether oxygens (including phenoxy) is 4. The number of nitrogens with zero attached hydrogens (tertiary/aromatic N) is 1. The second-order valence-electron chi connectivity index (χ2n) is 9.48. The fourth-order valence-corrected chi connectivity index (χ4v) is 5.31. The molecule has 5 rings (SSSR count). The zero-order chi connectivity index (χ0) is 29.2. The molecule has 0 unspecified atom stereocenters. The second-order valence-corrected chi connectivity index (χ2v) is 11.0. The van der Waals surface area contributed by atoms with Crippen LogP contribution < -0.4 is 14.6 Å². The summed E-state index contributed by atoms with van der Waals surface area (Å²) in [6, 6.07) is 14.4. The fourth-order valence-electron chi connectivity index (χ4n) is 4.79. The molecule has 12 heteroatoms. The highest BCUT2D eigenvalue weighted by Crippen LogP contribution is 2.38. The van der Waals surface area contributed by atoms with Gasteiger partial charge in [0.2, 0.25) is 15.9 Å². The number of hydrogen-bond donors (Lipinski definition) is 1. The van der Waals surface area contributed by atoms with Crippen LogP contribution in [-0.2, 0) is 31.7 Å². The lowest BCUT2D eigenvalue weighted by molar-refractivity contribution is -0.0950. The maximum atomic E-state index is 14.6. The van der Waals surface area contributed by atoms with Gasteiger partial charge < -0.3 is 23.4 Å². The summed E-state index contributed by atoms with van der Waals surface area (Å²) in [5, 5.41) is 5.22. The molecule has 0 saturated carbocycles. The van der Waals surface area contributed by atoms with Crippen LogP contribution >= 0.6 is 0 Å². The Balaban J connectivity index is 1.48. The summed E-state index contributed by atoms with van der Waals surface area (Å²) in [7, 11) is -0.964. The quantitative estimate of drug-likeness (QED) is 0.285. The molecule has 0 atom stereocenters. The number of benzene rings is 3. The fraction of sp³-hybridized carbons (Fsp3) is 0.276. The zero-order valence-corrected chi connectivity index (χ0v) is 23.2. The molecule has 3 aromatic carbocycles. The Morgan fingerprint density at radius 1 is 0.976 bits per heavy atom. The maximum Gasteiger partial charge on any atom is 0.238 e. The van der Waals surface area contributed by atoms with Gasteiger partial charge in [-0.2, -0.15) is 0 Å². The third kappa shape index (κ3) is 6.10. The summed E-state index contributed by atoms with van der Waals surface area (Å²) < 4.78 is 80.8. The van der Waals surface area contributed by atoms with E-state index < -0.39 is 27.3 Å². The van der Waals surface area contributed by atoms with Gasteiger partial charge in [0.25, 0.3) is 0 Å². The number of nitrogens with two attached hydrogens (primary N) is 1. The lowest BCUT2D eigenvalue weighted by Crippen LogP contribution is -2.35. The molecular formula is C29H28F2N2O7S. The van der Waals surface area contributed by atoms with E-state index in [0.717, 1.165) is 0 Å². The molecule has 4 aromatic rings. The number of methoxy groups -OCH3 is 2. The second kappa shape index (κ2) is 11.6. The molecule has 1 aromatic heterocycles. The zero-order valence-electron chi connectivity index (χ0n) is 22.4. The van der Waals surface area contributed by atoms with Gasteiger partial charge in [-0.3, -0.25) is 0 Å². The molecule has 41 heavy (non-hydrogen) atoms. The van der Waals surface area contributed by atoms with Crippen molar-refractivity contribution >= 4 is 10.0 Å². The van der Waals surface area contributed by atoms with Gasteiger partial charge in [0.1, 0.15) is 17.3 Å². The summed E-state index contributed by atoms with van der Waals surface area (Å²) in [6.45, 7) is 0.812. The molecule has 2 heterocycles. The molecule has 0 radical (unpaired) electrons. The van der Waals surface area contributed by atoms with Crippen molar-refractivity contribution in [1.29, 1.82) is 0 Å². The van der Waals surface area contributed by atoms with Crippen molar-refractivity contribution in [3.63, 3.8) is 0 Å². The molecule has 1 aliphatic heterocycles. The van der Waals surface area contributed by atoms with Crippen LogP contribution in [0.15, 0.2) is 70.0 Å². The number of primary sulfonamides is 1. The summed E-state index contributed by atoms with van der Waals surface area (Å²) in [6.07, 6.45) is 1.14. The highest BCUT2D eigenvalue weighted by molar-refractivity contribution is 7.89. The molecule has 0 spiro atoms. The Kier molecular flexibility index (Phi) is 8.09. The predicted octanol–water partition coefficient (Wildman–Crippen LogP) is 5.17. The van der Waals surface area contributed by atoms with Crippen LogP contribution in [0.4, 0.5) is 8.78 Å². The molecule has 0 aliphatic carbocycles. The van der Waals surface area contributed by atoms with Crippen LogP contribution in [0, 0.1) is 11.6 Å². The largest absolute Gasteiger partial charge is 0.494 e. The molecule has 0 amide bonds. The third-order valence-corrected chi connectivity index (χ3v) is 7.92. The topological polar surface area (TPSA) is 123 Å². The minimum absolute atomic E-state index is 0.0520. The molecule has 1 fully saturated rings. The standard InChI is InChI=1S/C29H28F2N2O7S/c1-36-25-8-5-19(13-24(25)31)28-27(18-3-6-23(7-4-18)41(32,34)35)33-26(40-28)17-39-22-15-20(14-21(30)16-22)29(37-2)9-11-38-12-10-29/h3-8,13-16H,9-12,17H2,1-2H3,(H2,32,34,35). The minimum atomic E-state index is -3.91. The van der Waals surface area contributed by atoms with Crippen molar-refractivity contribution in [1.82, 2.24) is 4.98 Å². The smallest absolute Gasteiger partial charge is 0.238 e. The molecule has 1 aliphatic rings. The van der Waals surface area contributed by atoms with E-state index in [4.69, 9.17) is 28.5 Å². The van der Waals surface area contributed by atoms with Gasteiger partial charge in [-0.25, -0.2) is 27.3 Å². The van der Waals surface area contributed by atoms with E-state index in [1.165, 1.54) is 55.6 Å². The van der Waals surface area contributed by atoms with Crippen molar-refractivity contribution in [2.75, 3.05) is 27.4 Å². The van der Waals surface area contributed by atoms with Crippen LogP contribution in [0.1, 0.15) is 24.3 Å². The number of halogens is 2. The van der Waals surface area contributed by atoms with Gasteiger partial charge in [-0.05, 0) is 48.0 Å². The van der Waals surface area contributed by atoms with E-state index >= 15 is 0 Å². The van der Waals surface area contributed by atoms with Gasteiger partial charge >= 0.3 is 0 Å². The van der Waals surface area contributed by atoms with E-state index in [0.29, 0.717) is 48.4 Å². The molecule has 2 N–H and O–H groups in total. The normalized spacial score (nSPS) is 15.0. The highest BCUT2D eigenvalue weighted by atomic mass is 32.2. The Hall–Kier alpha value is -3.84. The Bertz CT molecular complexity index is 1650. The molecule has 0 bridgehead atoms. The first kappa shape index (κ1) is 28.7. The number of aromatic nitrogens is 1. The summed E-state index contributed by atoms with van der Waals surface area (Å²) >= 11 is 0. The van der Waals surface area contributed by atoms with Gasteiger partial charge in [-0.1, -0.05) is 12.1 Å². The lowest BCUT2D eigenvalue weighted by atomic mass is 9.86. The molecule has 1 saturated heterocycles. The molecular weight excluding hydrogens is 558 g/mol. The maximum absolute atomic E-state index is 14.6. The minimum Gasteiger partial charge on any atom is -0.494 e. The van der Waals surface area contributed by atoms with E-state index in [2.05, 4.69) is 4.98 Å². The SMILES string of the molecule is COc1ccc(-c2oc(COc3cc(F)cc(C4(OC)CCOCC4)c3)nc2-c2ccc(S(N)(=O)=O)cc2)cc1F. The van der Waals surface area contributed by atoms with E-state index in [1.807, 2.05) is 0 Å². The van der Waals surface area contributed by atoms with E-state index in [-0.39, 0.29) is 34.7 Å². The third-order valence-electron chi connectivity index (χ3n) is 6.99. The monoisotopic (exact) mass is 586 g/mol. The molecule has 9 nitrogen and oxygen atoms in total. The number of sulfonamides is 1. The molecule has 216 valence electrons. The van der Waals surface area contributed by atoms with E-state index in [1.54, 1.807) is 19.2 Å². The van der Waals surface area contributed by atoms with Crippen LogP contribution in [0.25, 0.3) is 22.6 Å². The van der Waals surface area contributed by atoms with Crippen molar-refractivity contribution in [2.45, 2.75) is 29.9 Å². The van der Waals surface area contributed by atoms with Crippen LogP contribution in [0.5, 0.6) is 11.5 Å². The van der Waals surface area contributed by atoms with Crippen molar-refractivity contribution in [2.24, 2.45) is 5.14 Å². The Morgan fingerprint density at radius 2 is 1.68 bits per heavy atom. The van der Waals surface area contributed by atoms with Crippen LogP contribution in [-0.4, -0.2) is 40.8 Å². The highest BCUT2D eigenvalue weighted by Gasteiger charge is 2.35. The van der Waals surface area contributed by atoms with Gasteiger partial charge in [0, 0.05) is 50.4 Å². The first-order valence-corrected chi connectivity index (χ1v) is 14.2. The summed E-state index contributed by atoms with van der Waals surface area (Å²) in [5.41, 5.74) is 1.12. The van der Waals surface area contributed by atoms with Gasteiger partial charge in [0.05, 0.1) is 17.6 Å². The number of oxazole rings is 1. The van der Waals surface area contributed by atoms with Crippen LogP contribution in [0.3, 0.4) is 0 Å². The summed E-state index contributed by atoms with van der Waals surface area (Å²) in [5.74, 6) is -0.456. The lowest BCUT2D eigenvalue weighted by Gasteiger charge is -2.36. The average Bonchev–Trinajstić information content (AvgIpc) is 3.40. The Labute approximate surface area is 235 Å². The van der Waals surface area contributed by atoms with Gasteiger partial charge in [-0.15, -0.1) is 0 Å². The van der Waals surface area contributed by atoms with Gasteiger partial charge in [0.15, 0.2) is 23.9 Å². The van der Waals surface area contributed by atoms with Crippen LogP contribution in [0.2, 0.25) is 0 Å².